The average molecular weight is 397 g/mol. The van der Waals surface area contributed by atoms with E-state index in [2.05, 4.69) is 45.0 Å². The maximum Gasteiger partial charge on any atom is 0.193 e. The Bertz CT molecular complexity index is 615. The number of benzene rings is 1. The highest BCUT2D eigenvalue weighted by atomic mass is 35.5. The smallest absolute Gasteiger partial charge is 0.193 e. The highest BCUT2D eigenvalue weighted by molar-refractivity contribution is 7.99. The molecule has 1 atom stereocenters. The fourth-order valence-electron chi connectivity index (χ4n) is 3.72. The van der Waals surface area contributed by atoms with Gasteiger partial charge in [0.05, 0.1) is 13.2 Å². The summed E-state index contributed by atoms with van der Waals surface area (Å²) in [6.45, 7) is 5.38. The van der Waals surface area contributed by atoms with Crippen LogP contribution in [0.15, 0.2) is 29.3 Å². The predicted molar refractivity (Wildman–Crippen MR) is 111 cm³/mol. The van der Waals surface area contributed by atoms with Crippen LogP contribution < -0.4 is 5.32 Å². The minimum atomic E-state index is 0.204. The van der Waals surface area contributed by atoms with Crippen molar-refractivity contribution in [1.82, 2.24) is 15.1 Å². The fourth-order valence-corrected chi connectivity index (χ4v) is 5.39. The second-order valence-electron chi connectivity index (χ2n) is 6.97. The van der Waals surface area contributed by atoms with Gasteiger partial charge in [0, 0.05) is 56.6 Å². The number of hydrogen-bond acceptors (Lipinski definition) is 4. The van der Waals surface area contributed by atoms with Gasteiger partial charge in [0.25, 0.3) is 0 Å². The van der Waals surface area contributed by atoms with Gasteiger partial charge >= 0.3 is 0 Å². The number of ether oxygens (including phenoxy) is 1. The standard InChI is InChI=1S/C19H29ClN4OS/c1-21-18(23(2)13-16-5-3-4-6-17(16)20)22-14-19(7-12-26-15-19)24-8-10-25-11-9-24/h3-6H,7-15H2,1-2H3,(H,21,22). The molecule has 0 aromatic heterocycles. The molecule has 5 nitrogen and oxygen atoms in total. The monoisotopic (exact) mass is 396 g/mol. The van der Waals surface area contributed by atoms with Gasteiger partial charge < -0.3 is 15.0 Å². The Morgan fingerprint density at radius 3 is 2.81 bits per heavy atom. The molecule has 0 bridgehead atoms. The molecule has 2 saturated heterocycles. The van der Waals surface area contributed by atoms with Gasteiger partial charge in [-0.3, -0.25) is 9.89 Å². The third kappa shape index (κ3) is 4.66. The molecule has 1 aromatic rings. The number of nitrogens with zero attached hydrogens (tertiary/aromatic N) is 3. The molecule has 7 heteroatoms. The third-order valence-corrected chi connectivity index (χ3v) is 6.88. The van der Waals surface area contributed by atoms with Crippen molar-refractivity contribution in [2.75, 3.05) is 58.4 Å². The van der Waals surface area contributed by atoms with Crippen LogP contribution in [-0.2, 0) is 11.3 Å². The van der Waals surface area contributed by atoms with Crippen LogP contribution in [0.1, 0.15) is 12.0 Å². The largest absolute Gasteiger partial charge is 0.379 e. The zero-order valence-corrected chi connectivity index (χ0v) is 17.3. The van der Waals surface area contributed by atoms with E-state index in [1.807, 2.05) is 25.2 Å². The second kappa shape index (κ2) is 9.31. The van der Waals surface area contributed by atoms with Crippen LogP contribution in [0, 0.1) is 0 Å². The van der Waals surface area contributed by atoms with Gasteiger partial charge in [0.2, 0.25) is 0 Å². The Morgan fingerprint density at radius 1 is 1.38 bits per heavy atom. The molecule has 3 rings (SSSR count). The minimum absolute atomic E-state index is 0.204. The molecular formula is C19H29ClN4OS. The second-order valence-corrected chi connectivity index (χ2v) is 8.49. The number of nitrogens with one attached hydrogen (secondary N) is 1. The molecule has 144 valence electrons. The number of aliphatic imine (C=N–C) groups is 1. The summed E-state index contributed by atoms with van der Waals surface area (Å²) in [5, 5.41) is 4.42. The molecule has 0 aliphatic carbocycles. The summed E-state index contributed by atoms with van der Waals surface area (Å²) < 4.78 is 5.55. The zero-order chi connectivity index (χ0) is 18.4. The van der Waals surface area contributed by atoms with E-state index in [0.29, 0.717) is 0 Å². The number of hydrogen-bond donors (Lipinski definition) is 1. The van der Waals surface area contributed by atoms with E-state index >= 15 is 0 Å². The van der Waals surface area contributed by atoms with Gasteiger partial charge in [-0.05, 0) is 23.8 Å². The number of guanidine groups is 1. The van der Waals surface area contributed by atoms with Crippen molar-refractivity contribution < 1.29 is 4.74 Å². The van der Waals surface area contributed by atoms with E-state index in [0.717, 1.165) is 55.9 Å². The maximum atomic E-state index is 6.31. The molecule has 1 aromatic carbocycles. The lowest BCUT2D eigenvalue weighted by molar-refractivity contribution is -0.0121. The molecule has 2 fully saturated rings. The number of morpholine rings is 1. The van der Waals surface area contributed by atoms with E-state index in [1.165, 1.54) is 17.9 Å². The van der Waals surface area contributed by atoms with E-state index in [9.17, 15) is 0 Å². The van der Waals surface area contributed by atoms with Crippen molar-refractivity contribution in [3.05, 3.63) is 34.9 Å². The van der Waals surface area contributed by atoms with Crippen molar-refractivity contribution in [3.63, 3.8) is 0 Å². The molecule has 2 aliphatic rings. The van der Waals surface area contributed by atoms with Gasteiger partial charge in [-0.25, -0.2) is 0 Å². The van der Waals surface area contributed by atoms with Crippen LogP contribution in [-0.4, -0.2) is 79.7 Å². The molecular weight excluding hydrogens is 368 g/mol. The summed E-state index contributed by atoms with van der Waals surface area (Å²) in [7, 11) is 3.90. The SMILES string of the molecule is CN=C(NCC1(N2CCOCC2)CCSC1)N(C)Cc1ccccc1Cl. The molecule has 0 radical (unpaired) electrons. The minimum Gasteiger partial charge on any atom is -0.379 e. The first-order valence-corrected chi connectivity index (χ1v) is 10.7. The summed E-state index contributed by atoms with van der Waals surface area (Å²) >= 11 is 8.37. The normalized spacial score (nSPS) is 24.7. The fraction of sp³-hybridized carbons (Fsp3) is 0.632. The van der Waals surface area contributed by atoms with Crippen LogP contribution >= 0.6 is 23.4 Å². The molecule has 2 heterocycles. The lowest BCUT2D eigenvalue weighted by atomic mass is 9.95. The third-order valence-electron chi connectivity index (χ3n) is 5.28. The lowest BCUT2D eigenvalue weighted by Gasteiger charge is -2.43. The Morgan fingerprint density at radius 2 is 2.15 bits per heavy atom. The highest BCUT2D eigenvalue weighted by Gasteiger charge is 2.40. The Balaban J connectivity index is 1.62. The first-order valence-electron chi connectivity index (χ1n) is 9.20. The van der Waals surface area contributed by atoms with E-state index in [1.54, 1.807) is 0 Å². The number of rotatable bonds is 5. The van der Waals surface area contributed by atoms with Crippen LogP contribution in [0.25, 0.3) is 0 Å². The molecule has 0 saturated carbocycles. The van der Waals surface area contributed by atoms with Crippen LogP contribution in [0.5, 0.6) is 0 Å². The Labute approximate surface area is 166 Å². The number of thioether (sulfide) groups is 1. The van der Waals surface area contributed by atoms with E-state index < -0.39 is 0 Å². The average Bonchev–Trinajstić information content (AvgIpc) is 3.15. The van der Waals surface area contributed by atoms with Gasteiger partial charge in [0.15, 0.2) is 5.96 Å². The first kappa shape index (κ1) is 19.8. The first-order chi connectivity index (χ1) is 12.6. The highest BCUT2D eigenvalue weighted by Crippen LogP contribution is 2.33. The van der Waals surface area contributed by atoms with Crippen molar-refractivity contribution in [3.8, 4) is 0 Å². The van der Waals surface area contributed by atoms with Crippen LogP contribution in [0.2, 0.25) is 5.02 Å². The van der Waals surface area contributed by atoms with Gasteiger partial charge in [-0.1, -0.05) is 29.8 Å². The van der Waals surface area contributed by atoms with Crippen molar-refractivity contribution in [2.24, 2.45) is 4.99 Å². The topological polar surface area (TPSA) is 40.1 Å². The molecule has 1 unspecified atom stereocenters. The van der Waals surface area contributed by atoms with Crippen molar-refractivity contribution in [1.29, 1.82) is 0 Å². The summed E-state index contributed by atoms with van der Waals surface area (Å²) in [4.78, 5) is 9.24. The molecule has 0 spiro atoms. The maximum absolute atomic E-state index is 6.31. The van der Waals surface area contributed by atoms with Gasteiger partial charge in [0.1, 0.15) is 0 Å². The summed E-state index contributed by atoms with van der Waals surface area (Å²) in [5.74, 6) is 3.31. The number of halogens is 1. The quantitative estimate of drug-likeness (QED) is 0.611. The lowest BCUT2D eigenvalue weighted by Crippen LogP contribution is -2.60. The Hall–Kier alpha value is -0.950. The zero-order valence-electron chi connectivity index (χ0n) is 15.7. The molecule has 26 heavy (non-hydrogen) atoms. The van der Waals surface area contributed by atoms with Gasteiger partial charge in [-0.2, -0.15) is 11.8 Å². The van der Waals surface area contributed by atoms with E-state index in [4.69, 9.17) is 16.3 Å². The Kier molecular flexibility index (Phi) is 7.09. The van der Waals surface area contributed by atoms with Crippen molar-refractivity contribution >= 4 is 29.3 Å². The summed E-state index contributed by atoms with van der Waals surface area (Å²) in [6, 6.07) is 7.98. The van der Waals surface area contributed by atoms with Crippen LogP contribution in [0.3, 0.4) is 0 Å². The van der Waals surface area contributed by atoms with Crippen LogP contribution in [0.4, 0.5) is 0 Å². The van der Waals surface area contributed by atoms with Gasteiger partial charge in [-0.15, -0.1) is 0 Å². The summed E-state index contributed by atoms with van der Waals surface area (Å²) in [5.41, 5.74) is 1.31. The molecule has 1 N–H and O–H groups in total. The molecule has 2 aliphatic heterocycles. The molecule has 0 amide bonds. The van der Waals surface area contributed by atoms with Crippen molar-refractivity contribution in [2.45, 2.75) is 18.5 Å². The predicted octanol–water partition coefficient (Wildman–Crippen LogP) is 2.56. The summed E-state index contributed by atoms with van der Waals surface area (Å²) in [6.07, 6.45) is 1.22. The van der Waals surface area contributed by atoms with E-state index in [-0.39, 0.29) is 5.54 Å².